The largest absolute Gasteiger partial charge is 0.380 e. The van der Waals surface area contributed by atoms with Crippen molar-refractivity contribution in [2.45, 2.75) is 32.5 Å². The van der Waals surface area contributed by atoms with E-state index in [9.17, 15) is 4.39 Å². The third-order valence-electron chi connectivity index (χ3n) is 5.89. The van der Waals surface area contributed by atoms with Crippen LogP contribution in [0.15, 0.2) is 30.5 Å². The quantitative estimate of drug-likeness (QED) is 0.442. The fraction of sp³-hybridized carbons (Fsp3) is 0.391. The molecule has 4 aromatic rings. The number of nitrogens with one attached hydrogen (secondary N) is 3. The number of H-pyrrole nitrogens is 1. The average Bonchev–Trinajstić information content (AvgIpc) is 3.31. The van der Waals surface area contributed by atoms with Crippen molar-refractivity contribution in [3.63, 3.8) is 0 Å². The van der Waals surface area contributed by atoms with E-state index in [1.165, 1.54) is 6.07 Å². The summed E-state index contributed by atoms with van der Waals surface area (Å²) in [6, 6.07) is 8.45. The smallest absolute Gasteiger partial charge is 0.160 e. The first-order chi connectivity index (χ1) is 15.4. The highest BCUT2D eigenvalue weighted by Gasteiger charge is 2.23. The Morgan fingerprint density at radius 1 is 1.19 bits per heavy atom. The molecule has 9 heteroatoms. The Balaban J connectivity index is 1.53. The van der Waals surface area contributed by atoms with Crippen LogP contribution in [0.1, 0.15) is 19.4 Å². The van der Waals surface area contributed by atoms with Gasteiger partial charge in [0, 0.05) is 67.7 Å². The lowest BCUT2D eigenvalue weighted by atomic mass is 10.1. The molecule has 0 unspecified atom stereocenters. The first-order valence-corrected chi connectivity index (χ1v) is 10.8. The number of piperazine rings is 1. The highest BCUT2D eigenvalue weighted by molar-refractivity contribution is 5.97. The molecule has 2 atom stereocenters. The van der Waals surface area contributed by atoms with Gasteiger partial charge in [-0.3, -0.25) is 9.78 Å². The number of hydrogen-bond donors (Lipinski definition) is 3. The Hall–Kier alpha value is -3.17. The molecule has 5 rings (SSSR count). The summed E-state index contributed by atoms with van der Waals surface area (Å²) in [6.45, 7) is 6.73. The van der Waals surface area contributed by atoms with Crippen LogP contribution >= 0.6 is 0 Å². The van der Waals surface area contributed by atoms with E-state index in [0.29, 0.717) is 35.7 Å². The second kappa shape index (κ2) is 8.07. The van der Waals surface area contributed by atoms with Gasteiger partial charge < -0.3 is 20.3 Å². The predicted octanol–water partition coefficient (Wildman–Crippen LogP) is 3.67. The van der Waals surface area contributed by atoms with Crippen LogP contribution in [0, 0.1) is 5.82 Å². The van der Waals surface area contributed by atoms with Crippen molar-refractivity contribution in [2.75, 3.05) is 30.4 Å². The Bertz CT molecular complexity index is 1270. The summed E-state index contributed by atoms with van der Waals surface area (Å²) in [5.41, 5.74) is 4.06. The van der Waals surface area contributed by atoms with E-state index in [4.69, 9.17) is 4.74 Å². The summed E-state index contributed by atoms with van der Waals surface area (Å²) in [6.07, 6.45) is 1.80. The molecule has 3 N–H and O–H groups in total. The molecule has 0 aliphatic carbocycles. The minimum Gasteiger partial charge on any atom is -0.380 e. The highest BCUT2D eigenvalue weighted by Crippen LogP contribution is 2.33. The first kappa shape index (κ1) is 20.7. The zero-order valence-corrected chi connectivity index (χ0v) is 18.7. The fourth-order valence-electron chi connectivity index (χ4n) is 4.73. The minimum absolute atomic E-state index is 0.356. The molecule has 2 aromatic heterocycles. The molecule has 168 valence electrons. The molecule has 2 aromatic carbocycles. The van der Waals surface area contributed by atoms with Gasteiger partial charge in [0.15, 0.2) is 11.6 Å². The molecule has 8 nitrogen and oxygen atoms in total. The van der Waals surface area contributed by atoms with Gasteiger partial charge in [0.2, 0.25) is 0 Å². The van der Waals surface area contributed by atoms with E-state index in [1.54, 1.807) is 25.0 Å². The minimum atomic E-state index is -0.369. The topological polar surface area (TPSA) is 83.0 Å². The molecule has 0 spiro atoms. The Morgan fingerprint density at radius 3 is 2.72 bits per heavy atom. The van der Waals surface area contributed by atoms with Crippen LogP contribution in [0.3, 0.4) is 0 Å². The van der Waals surface area contributed by atoms with E-state index in [1.807, 2.05) is 6.07 Å². The molecule has 0 radical (unpaired) electrons. The summed E-state index contributed by atoms with van der Waals surface area (Å²) >= 11 is 0. The fourth-order valence-corrected chi connectivity index (χ4v) is 4.73. The summed E-state index contributed by atoms with van der Waals surface area (Å²) in [7, 11) is 3.47. The lowest BCUT2D eigenvalue weighted by Gasteiger charge is -2.38. The van der Waals surface area contributed by atoms with Gasteiger partial charge >= 0.3 is 0 Å². The van der Waals surface area contributed by atoms with Gasteiger partial charge in [0.25, 0.3) is 0 Å². The van der Waals surface area contributed by atoms with Crippen LogP contribution in [0.5, 0.6) is 0 Å². The maximum atomic E-state index is 14.5. The SMILES string of the molecule is COCc1cc(N2C[C@@H](C)N[C@@H](C)C2)cc2[nH]nc(Nc3cc(F)c4nn(C)cc4c3)c12. The normalized spacial score (nSPS) is 19.2. The summed E-state index contributed by atoms with van der Waals surface area (Å²) in [5, 5.41) is 20.3. The number of ether oxygens (including phenoxy) is 1. The zero-order chi connectivity index (χ0) is 22.4. The number of aromatic amines is 1. The molecule has 0 amide bonds. The summed E-state index contributed by atoms with van der Waals surface area (Å²) in [4.78, 5) is 2.39. The van der Waals surface area contributed by atoms with E-state index >= 15 is 0 Å². The molecule has 3 heterocycles. The van der Waals surface area contributed by atoms with Crippen molar-refractivity contribution < 1.29 is 9.13 Å². The second-order valence-electron chi connectivity index (χ2n) is 8.73. The monoisotopic (exact) mass is 437 g/mol. The molecule has 32 heavy (non-hydrogen) atoms. The number of anilines is 3. The lowest BCUT2D eigenvalue weighted by molar-refractivity contribution is 0.186. The number of hydrogen-bond acceptors (Lipinski definition) is 6. The highest BCUT2D eigenvalue weighted by atomic mass is 19.1. The second-order valence-corrected chi connectivity index (χ2v) is 8.73. The van der Waals surface area contributed by atoms with Gasteiger partial charge in [-0.05, 0) is 43.7 Å². The number of aromatic nitrogens is 4. The molecular weight excluding hydrogens is 409 g/mol. The number of rotatable bonds is 5. The van der Waals surface area contributed by atoms with Gasteiger partial charge in [-0.2, -0.15) is 10.2 Å². The molecule has 1 saturated heterocycles. The zero-order valence-electron chi connectivity index (χ0n) is 18.7. The van der Waals surface area contributed by atoms with Crippen LogP contribution < -0.4 is 15.5 Å². The van der Waals surface area contributed by atoms with Gasteiger partial charge in [-0.1, -0.05) is 0 Å². The summed E-state index contributed by atoms with van der Waals surface area (Å²) < 4.78 is 21.7. The van der Waals surface area contributed by atoms with Gasteiger partial charge in [-0.15, -0.1) is 0 Å². The number of methoxy groups -OCH3 is 1. The first-order valence-electron chi connectivity index (χ1n) is 10.8. The predicted molar refractivity (Wildman–Crippen MR) is 125 cm³/mol. The van der Waals surface area contributed by atoms with E-state index in [0.717, 1.165) is 40.6 Å². The van der Waals surface area contributed by atoms with Crippen LogP contribution in [0.4, 0.5) is 21.6 Å². The maximum Gasteiger partial charge on any atom is 0.160 e. The van der Waals surface area contributed by atoms with E-state index in [2.05, 4.69) is 56.8 Å². The van der Waals surface area contributed by atoms with Crippen molar-refractivity contribution in [2.24, 2.45) is 7.05 Å². The van der Waals surface area contributed by atoms with Gasteiger partial charge in [0.05, 0.1) is 12.1 Å². The molecule has 1 aliphatic rings. The van der Waals surface area contributed by atoms with Crippen LogP contribution in [0.25, 0.3) is 21.8 Å². The van der Waals surface area contributed by atoms with Crippen molar-refractivity contribution in [1.82, 2.24) is 25.3 Å². The van der Waals surface area contributed by atoms with Crippen molar-refractivity contribution in [3.05, 3.63) is 41.8 Å². The van der Waals surface area contributed by atoms with Gasteiger partial charge in [0.1, 0.15) is 5.52 Å². The van der Waals surface area contributed by atoms with E-state index < -0.39 is 0 Å². The van der Waals surface area contributed by atoms with Crippen molar-refractivity contribution >= 4 is 39.0 Å². The lowest BCUT2D eigenvalue weighted by Crippen LogP contribution is -2.54. The molecule has 0 saturated carbocycles. The number of aryl methyl sites for hydroxylation is 1. The molecule has 1 fully saturated rings. The van der Waals surface area contributed by atoms with Crippen molar-refractivity contribution in [3.8, 4) is 0 Å². The number of halogens is 1. The average molecular weight is 438 g/mol. The number of nitrogens with zero attached hydrogens (tertiary/aromatic N) is 4. The molecule has 0 bridgehead atoms. The Kier molecular flexibility index (Phi) is 5.22. The Labute approximate surface area is 185 Å². The number of fused-ring (bicyclic) bond motifs is 2. The maximum absolute atomic E-state index is 14.5. The third kappa shape index (κ3) is 3.78. The van der Waals surface area contributed by atoms with Crippen LogP contribution in [-0.4, -0.2) is 52.3 Å². The third-order valence-corrected chi connectivity index (χ3v) is 5.89. The Morgan fingerprint density at radius 2 is 1.97 bits per heavy atom. The molecule has 1 aliphatic heterocycles. The van der Waals surface area contributed by atoms with Crippen LogP contribution in [-0.2, 0) is 18.4 Å². The molecular formula is C23H28FN7O. The standard InChI is InChI=1S/C23H28FN7O/c1-13-9-31(10-14(2)25-13)18-6-16(12-32-4)21-20(8-18)27-28-23(21)26-17-5-15-11-30(3)29-22(15)19(24)7-17/h5-8,11,13-14,25H,9-10,12H2,1-4H3,(H2,26,27,28)/t13-,14+. The van der Waals surface area contributed by atoms with Gasteiger partial charge in [-0.25, -0.2) is 4.39 Å². The van der Waals surface area contributed by atoms with Crippen molar-refractivity contribution in [1.29, 1.82) is 0 Å². The van der Waals surface area contributed by atoms with E-state index in [-0.39, 0.29) is 5.82 Å². The number of benzene rings is 2. The summed E-state index contributed by atoms with van der Waals surface area (Å²) in [5.74, 6) is 0.273. The van der Waals surface area contributed by atoms with Crippen LogP contribution in [0.2, 0.25) is 0 Å².